The first-order valence-corrected chi connectivity index (χ1v) is 5.97. The first-order chi connectivity index (χ1) is 8.65. The van der Waals surface area contributed by atoms with Gasteiger partial charge >= 0.3 is 5.97 Å². The third kappa shape index (κ3) is 3.17. The molecule has 0 atom stereocenters. The molecule has 2 aromatic rings. The average Bonchev–Trinajstić information content (AvgIpc) is 2.97. The minimum atomic E-state index is -0.520. The van der Waals surface area contributed by atoms with Crippen molar-refractivity contribution < 1.29 is 18.8 Å². The number of amides is 1. The van der Waals surface area contributed by atoms with Crippen LogP contribution in [-0.2, 0) is 9.53 Å². The van der Waals surface area contributed by atoms with Gasteiger partial charge in [0.2, 0.25) is 5.88 Å². The number of rotatable bonds is 4. The zero-order valence-corrected chi connectivity index (χ0v) is 10.3. The number of aryl methyl sites for hydroxylation is 1. The standard InChI is InChI=1S/C11H10N2O4S/c1-7-5-10(17-13-7)12-9(14)6-16-11(15)8-3-2-4-18-8/h2-5H,6H2,1H3,(H,12,14). The summed E-state index contributed by atoms with van der Waals surface area (Å²) >= 11 is 1.26. The third-order valence-corrected chi connectivity index (χ3v) is 2.80. The molecule has 0 saturated carbocycles. The highest BCUT2D eigenvalue weighted by molar-refractivity contribution is 7.11. The van der Waals surface area contributed by atoms with Crippen molar-refractivity contribution in [2.75, 3.05) is 11.9 Å². The van der Waals surface area contributed by atoms with Crippen LogP contribution in [0, 0.1) is 6.92 Å². The number of hydrogen-bond donors (Lipinski definition) is 1. The largest absolute Gasteiger partial charge is 0.451 e. The van der Waals surface area contributed by atoms with Crippen LogP contribution >= 0.6 is 11.3 Å². The lowest BCUT2D eigenvalue weighted by molar-refractivity contribution is -0.119. The molecule has 6 nitrogen and oxygen atoms in total. The summed E-state index contributed by atoms with van der Waals surface area (Å²) in [7, 11) is 0. The Morgan fingerprint density at radius 3 is 3.00 bits per heavy atom. The van der Waals surface area contributed by atoms with Crippen LogP contribution in [-0.4, -0.2) is 23.6 Å². The van der Waals surface area contributed by atoms with Gasteiger partial charge in [-0.3, -0.25) is 10.1 Å². The van der Waals surface area contributed by atoms with Crippen molar-refractivity contribution in [3.05, 3.63) is 34.2 Å². The molecule has 2 heterocycles. The number of nitrogens with zero attached hydrogens (tertiary/aromatic N) is 1. The van der Waals surface area contributed by atoms with E-state index in [4.69, 9.17) is 9.26 Å². The predicted octanol–water partition coefficient (Wildman–Crippen LogP) is 1.84. The number of ether oxygens (including phenoxy) is 1. The van der Waals surface area contributed by atoms with Gasteiger partial charge in [-0.25, -0.2) is 4.79 Å². The van der Waals surface area contributed by atoms with Gasteiger partial charge in [-0.1, -0.05) is 11.2 Å². The average molecular weight is 266 g/mol. The molecule has 0 aliphatic rings. The lowest BCUT2D eigenvalue weighted by atomic mass is 10.4. The molecule has 0 aliphatic heterocycles. The number of hydrogen-bond acceptors (Lipinski definition) is 6. The van der Waals surface area contributed by atoms with Crippen LogP contribution < -0.4 is 5.32 Å². The number of carbonyl (C=O) groups excluding carboxylic acids is 2. The number of thiophene rings is 1. The van der Waals surface area contributed by atoms with E-state index in [1.807, 2.05) is 0 Å². The van der Waals surface area contributed by atoms with Gasteiger partial charge in [0.05, 0.1) is 5.69 Å². The maximum Gasteiger partial charge on any atom is 0.348 e. The zero-order valence-electron chi connectivity index (χ0n) is 9.50. The number of carbonyl (C=O) groups is 2. The molecule has 0 aliphatic carbocycles. The third-order valence-electron chi connectivity index (χ3n) is 1.95. The summed E-state index contributed by atoms with van der Waals surface area (Å²) in [5.41, 5.74) is 0.654. The molecule has 0 radical (unpaired) electrons. The van der Waals surface area contributed by atoms with Crippen LogP contribution in [0.4, 0.5) is 5.88 Å². The molecule has 0 saturated heterocycles. The van der Waals surface area contributed by atoms with Crippen molar-refractivity contribution in [2.24, 2.45) is 0 Å². The molecular formula is C11H10N2O4S. The summed E-state index contributed by atoms with van der Waals surface area (Å²) in [6, 6.07) is 4.93. The molecule has 2 rings (SSSR count). The van der Waals surface area contributed by atoms with E-state index in [-0.39, 0.29) is 12.5 Å². The van der Waals surface area contributed by atoms with Crippen molar-refractivity contribution in [2.45, 2.75) is 6.92 Å². The van der Waals surface area contributed by atoms with E-state index in [0.717, 1.165) is 0 Å². The fourth-order valence-corrected chi connectivity index (χ4v) is 1.81. The molecule has 0 aromatic carbocycles. The Bertz CT molecular complexity index is 547. The SMILES string of the molecule is Cc1cc(NC(=O)COC(=O)c2cccs2)on1. The normalized spacial score (nSPS) is 10.1. The molecule has 0 unspecified atom stereocenters. The molecule has 0 fully saturated rings. The van der Waals surface area contributed by atoms with E-state index in [2.05, 4.69) is 10.5 Å². The predicted molar refractivity (Wildman–Crippen MR) is 64.5 cm³/mol. The van der Waals surface area contributed by atoms with Gasteiger partial charge in [-0.2, -0.15) is 0 Å². The Morgan fingerprint density at radius 2 is 2.39 bits per heavy atom. The summed E-state index contributed by atoms with van der Waals surface area (Å²) in [5, 5.41) is 7.79. The van der Waals surface area contributed by atoms with E-state index in [0.29, 0.717) is 10.6 Å². The van der Waals surface area contributed by atoms with Crippen LogP contribution in [0.15, 0.2) is 28.1 Å². The second-order valence-electron chi connectivity index (χ2n) is 3.43. The summed E-state index contributed by atoms with van der Waals surface area (Å²) < 4.78 is 9.62. The van der Waals surface area contributed by atoms with Gasteiger partial charge in [0.1, 0.15) is 4.88 Å². The molecule has 94 valence electrons. The van der Waals surface area contributed by atoms with E-state index in [9.17, 15) is 9.59 Å². The van der Waals surface area contributed by atoms with Crippen molar-refractivity contribution in [3.63, 3.8) is 0 Å². The maximum atomic E-state index is 11.4. The van der Waals surface area contributed by atoms with Gasteiger partial charge in [-0.05, 0) is 18.4 Å². The molecule has 2 aromatic heterocycles. The van der Waals surface area contributed by atoms with Gasteiger partial charge < -0.3 is 9.26 Å². The Morgan fingerprint density at radius 1 is 1.56 bits per heavy atom. The van der Waals surface area contributed by atoms with Crippen molar-refractivity contribution >= 4 is 29.1 Å². The Hall–Kier alpha value is -2.15. The van der Waals surface area contributed by atoms with Crippen molar-refractivity contribution in [3.8, 4) is 0 Å². The van der Waals surface area contributed by atoms with Gasteiger partial charge in [-0.15, -0.1) is 11.3 Å². The van der Waals surface area contributed by atoms with Gasteiger partial charge in [0.15, 0.2) is 6.61 Å². The van der Waals surface area contributed by atoms with Crippen LogP contribution in [0.1, 0.15) is 15.4 Å². The van der Waals surface area contributed by atoms with E-state index >= 15 is 0 Å². The fraction of sp³-hybridized carbons (Fsp3) is 0.182. The summed E-state index contributed by atoms with van der Waals surface area (Å²) in [6.45, 7) is 1.37. The van der Waals surface area contributed by atoms with Crippen LogP contribution in [0.25, 0.3) is 0 Å². The molecule has 7 heteroatoms. The minimum absolute atomic E-state index is 0.227. The Balaban J connectivity index is 1.80. The smallest absolute Gasteiger partial charge is 0.348 e. The van der Waals surface area contributed by atoms with Crippen molar-refractivity contribution in [1.29, 1.82) is 0 Å². The number of nitrogens with one attached hydrogen (secondary N) is 1. The minimum Gasteiger partial charge on any atom is -0.451 e. The number of esters is 1. The highest BCUT2D eigenvalue weighted by Gasteiger charge is 2.12. The zero-order chi connectivity index (χ0) is 13.0. The number of anilines is 1. The van der Waals surface area contributed by atoms with Gasteiger partial charge in [0, 0.05) is 6.07 Å². The first-order valence-electron chi connectivity index (χ1n) is 5.09. The first kappa shape index (κ1) is 12.3. The Labute approximate surface area is 107 Å². The lowest BCUT2D eigenvalue weighted by Gasteiger charge is -2.02. The van der Waals surface area contributed by atoms with E-state index in [1.165, 1.54) is 11.3 Å². The molecule has 0 bridgehead atoms. The van der Waals surface area contributed by atoms with E-state index < -0.39 is 11.9 Å². The summed E-state index contributed by atoms with van der Waals surface area (Å²) in [5.74, 6) is -0.769. The van der Waals surface area contributed by atoms with Crippen molar-refractivity contribution in [1.82, 2.24) is 5.16 Å². The second kappa shape index (κ2) is 5.46. The molecule has 0 spiro atoms. The second-order valence-corrected chi connectivity index (χ2v) is 4.38. The van der Waals surface area contributed by atoms with Gasteiger partial charge in [0.25, 0.3) is 5.91 Å². The van der Waals surface area contributed by atoms with Crippen LogP contribution in [0.2, 0.25) is 0 Å². The summed E-state index contributed by atoms with van der Waals surface area (Å²) in [6.07, 6.45) is 0. The quantitative estimate of drug-likeness (QED) is 0.854. The summed E-state index contributed by atoms with van der Waals surface area (Å²) in [4.78, 5) is 23.3. The fourth-order valence-electron chi connectivity index (χ4n) is 1.19. The highest BCUT2D eigenvalue weighted by atomic mass is 32.1. The Kier molecular flexibility index (Phi) is 3.73. The number of aromatic nitrogens is 1. The maximum absolute atomic E-state index is 11.4. The topological polar surface area (TPSA) is 81.4 Å². The van der Waals surface area contributed by atoms with Crippen LogP contribution in [0.3, 0.4) is 0 Å². The molecular weight excluding hydrogens is 256 g/mol. The molecule has 1 amide bonds. The molecule has 1 N–H and O–H groups in total. The van der Waals surface area contributed by atoms with E-state index in [1.54, 1.807) is 30.5 Å². The highest BCUT2D eigenvalue weighted by Crippen LogP contribution is 2.10. The molecule has 18 heavy (non-hydrogen) atoms. The monoisotopic (exact) mass is 266 g/mol. The lowest BCUT2D eigenvalue weighted by Crippen LogP contribution is -2.20. The van der Waals surface area contributed by atoms with Crippen LogP contribution in [0.5, 0.6) is 0 Å².